The number of anilines is 2. The third-order valence-electron chi connectivity index (χ3n) is 3.21. The van der Waals surface area contributed by atoms with Crippen molar-refractivity contribution in [1.29, 1.82) is 0 Å². The van der Waals surface area contributed by atoms with E-state index in [2.05, 4.69) is 5.32 Å². The van der Waals surface area contributed by atoms with Crippen LogP contribution in [0.15, 0.2) is 30.0 Å². The summed E-state index contributed by atoms with van der Waals surface area (Å²) in [5, 5.41) is 2.50. The van der Waals surface area contributed by atoms with Crippen LogP contribution in [-0.2, 0) is 15.7 Å². The predicted molar refractivity (Wildman–Crippen MR) is 77.7 cm³/mol. The average molecular weight is 314 g/mol. The van der Waals surface area contributed by atoms with Gasteiger partial charge in [0.2, 0.25) is 0 Å². The molecule has 120 valence electrons. The number of hydrogen-bond donors (Lipinski definition) is 1. The minimum absolute atomic E-state index is 0.0971. The number of amides is 1. The number of hydrogen-bond acceptors (Lipinski definition) is 3. The third kappa shape index (κ3) is 3.72. The van der Waals surface area contributed by atoms with E-state index in [-0.39, 0.29) is 11.4 Å². The molecule has 0 fully saturated rings. The molecule has 7 heteroatoms. The number of halogens is 3. The number of alkyl halides is 3. The van der Waals surface area contributed by atoms with Crippen molar-refractivity contribution in [3.8, 4) is 0 Å². The van der Waals surface area contributed by atoms with Crippen molar-refractivity contribution in [1.82, 2.24) is 0 Å². The molecule has 2 rings (SSSR count). The SMILES string of the molecule is CN(C)c1ccc(C(F)(F)F)cc1NC(=O)C1=CCCCO1. The highest BCUT2D eigenvalue weighted by Gasteiger charge is 2.31. The van der Waals surface area contributed by atoms with Gasteiger partial charge < -0.3 is 15.0 Å². The van der Waals surface area contributed by atoms with Crippen LogP contribution in [0.2, 0.25) is 0 Å². The maximum atomic E-state index is 12.8. The molecule has 1 N–H and O–H groups in total. The van der Waals surface area contributed by atoms with Crippen LogP contribution in [0.4, 0.5) is 24.5 Å². The number of benzene rings is 1. The first-order valence-electron chi connectivity index (χ1n) is 6.82. The summed E-state index contributed by atoms with van der Waals surface area (Å²) in [4.78, 5) is 13.7. The zero-order chi connectivity index (χ0) is 16.3. The Morgan fingerprint density at radius 1 is 1.32 bits per heavy atom. The van der Waals surface area contributed by atoms with E-state index in [1.807, 2.05) is 0 Å². The molecule has 1 aromatic rings. The zero-order valence-electron chi connectivity index (χ0n) is 12.3. The summed E-state index contributed by atoms with van der Waals surface area (Å²) in [6, 6.07) is 3.24. The standard InChI is InChI=1S/C15H17F3N2O2/c1-20(2)12-7-6-10(15(16,17)18)9-11(12)19-14(21)13-5-3-4-8-22-13/h5-7,9H,3-4,8H2,1-2H3,(H,19,21). The van der Waals surface area contributed by atoms with Gasteiger partial charge in [0.15, 0.2) is 5.76 Å². The molecule has 0 radical (unpaired) electrons. The van der Waals surface area contributed by atoms with Crippen LogP contribution in [0.25, 0.3) is 0 Å². The molecule has 0 unspecified atom stereocenters. The van der Waals surface area contributed by atoms with Crippen molar-refractivity contribution in [2.75, 3.05) is 30.9 Å². The van der Waals surface area contributed by atoms with Gasteiger partial charge in [-0.15, -0.1) is 0 Å². The van der Waals surface area contributed by atoms with Gasteiger partial charge >= 0.3 is 6.18 Å². The molecule has 4 nitrogen and oxygen atoms in total. The molecular weight excluding hydrogens is 297 g/mol. The minimum Gasteiger partial charge on any atom is -0.488 e. The van der Waals surface area contributed by atoms with E-state index in [1.165, 1.54) is 6.07 Å². The van der Waals surface area contributed by atoms with Crippen LogP contribution < -0.4 is 10.2 Å². The smallest absolute Gasteiger partial charge is 0.416 e. The molecular formula is C15H17F3N2O2. The topological polar surface area (TPSA) is 41.6 Å². The third-order valence-corrected chi connectivity index (χ3v) is 3.21. The summed E-state index contributed by atoms with van der Waals surface area (Å²) >= 11 is 0. The lowest BCUT2D eigenvalue weighted by atomic mass is 10.1. The van der Waals surface area contributed by atoms with Crippen LogP contribution in [0.3, 0.4) is 0 Å². The Morgan fingerprint density at radius 2 is 2.05 bits per heavy atom. The second-order valence-corrected chi connectivity index (χ2v) is 5.14. The van der Waals surface area contributed by atoms with E-state index >= 15 is 0 Å². The number of nitrogens with zero attached hydrogens (tertiary/aromatic N) is 1. The van der Waals surface area contributed by atoms with Crippen molar-refractivity contribution >= 4 is 17.3 Å². The first-order valence-corrected chi connectivity index (χ1v) is 6.82. The Kier molecular flexibility index (Phi) is 4.63. The number of carbonyl (C=O) groups excluding carboxylic acids is 1. The van der Waals surface area contributed by atoms with Gasteiger partial charge in [-0.05, 0) is 37.1 Å². The molecule has 0 saturated heterocycles. The lowest BCUT2D eigenvalue weighted by Crippen LogP contribution is -2.21. The summed E-state index contributed by atoms with van der Waals surface area (Å²) in [5.74, 6) is -0.393. The van der Waals surface area contributed by atoms with Gasteiger partial charge in [0.25, 0.3) is 5.91 Å². The lowest BCUT2D eigenvalue weighted by Gasteiger charge is -2.21. The summed E-state index contributed by atoms with van der Waals surface area (Å²) in [6.07, 6.45) is -1.29. The minimum atomic E-state index is -4.47. The van der Waals surface area contributed by atoms with Crippen LogP contribution >= 0.6 is 0 Å². The molecule has 22 heavy (non-hydrogen) atoms. The molecule has 1 heterocycles. The fraction of sp³-hybridized carbons (Fsp3) is 0.400. The van der Waals surface area contributed by atoms with Crippen LogP contribution in [0.1, 0.15) is 18.4 Å². The second kappa shape index (κ2) is 6.29. The fourth-order valence-corrected chi connectivity index (χ4v) is 2.10. The summed E-state index contributed by atoms with van der Waals surface area (Å²) < 4.78 is 43.7. The highest BCUT2D eigenvalue weighted by Crippen LogP contribution is 2.35. The van der Waals surface area contributed by atoms with Gasteiger partial charge in [0.05, 0.1) is 23.5 Å². The molecule has 0 bridgehead atoms. The van der Waals surface area contributed by atoms with Crippen molar-refractivity contribution in [3.63, 3.8) is 0 Å². The number of nitrogens with one attached hydrogen (secondary N) is 1. The maximum Gasteiger partial charge on any atom is 0.416 e. The predicted octanol–water partition coefficient (Wildman–Crippen LogP) is 3.40. The molecule has 0 aromatic heterocycles. The molecule has 1 aromatic carbocycles. The molecule has 0 atom stereocenters. The molecule has 1 amide bonds. The van der Waals surface area contributed by atoms with Crippen molar-refractivity contribution < 1.29 is 22.7 Å². The first kappa shape index (κ1) is 16.2. The van der Waals surface area contributed by atoms with E-state index in [1.54, 1.807) is 25.1 Å². The Morgan fingerprint density at radius 3 is 2.59 bits per heavy atom. The van der Waals surface area contributed by atoms with E-state index in [9.17, 15) is 18.0 Å². The van der Waals surface area contributed by atoms with Crippen LogP contribution in [0.5, 0.6) is 0 Å². The zero-order valence-corrected chi connectivity index (χ0v) is 12.3. The molecule has 0 aliphatic carbocycles. The number of rotatable bonds is 3. The van der Waals surface area contributed by atoms with Crippen molar-refractivity contribution in [2.45, 2.75) is 19.0 Å². The lowest BCUT2D eigenvalue weighted by molar-refractivity contribution is -0.137. The Bertz CT molecular complexity index is 595. The Hall–Kier alpha value is -2.18. The average Bonchev–Trinajstić information content (AvgIpc) is 2.47. The van der Waals surface area contributed by atoms with Crippen molar-refractivity contribution in [3.05, 3.63) is 35.6 Å². The molecule has 1 aliphatic heterocycles. The normalized spacial score (nSPS) is 14.9. The van der Waals surface area contributed by atoms with E-state index in [0.29, 0.717) is 18.7 Å². The number of carbonyl (C=O) groups is 1. The summed E-state index contributed by atoms with van der Waals surface area (Å²) in [6.45, 7) is 0.433. The fourth-order valence-electron chi connectivity index (χ4n) is 2.10. The van der Waals surface area contributed by atoms with E-state index in [0.717, 1.165) is 18.6 Å². The number of allylic oxidation sites excluding steroid dienone is 1. The van der Waals surface area contributed by atoms with Crippen molar-refractivity contribution in [2.24, 2.45) is 0 Å². The monoisotopic (exact) mass is 314 g/mol. The highest BCUT2D eigenvalue weighted by atomic mass is 19.4. The van der Waals surface area contributed by atoms with Gasteiger partial charge in [0.1, 0.15) is 0 Å². The Labute approximate surface area is 126 Å². The molecule has 0 saturated carbocycles. The second-order valence-electron chi connectivity index (χ2n) is 5.14. The van der Waals surface area contributed by atoms with Crippen LogP contribution in [0, 0.1) is 0 Å². The van der Waals surface area contributed by atoms with Crippen LogP contribution in [-0.4, -0.2) is 26.6 Å². The van der Waals surface area contributed by atoms with Gasteiger partial charge in [-0.3, -0.25) is 4.79 Å². The van der Waals surface area contributed by atoms with Gasteiger partial charge in [-0.2, -0.15) is 13.2 Å². The highest BCUT2D eigenvalue weighted by molar-refractivity contribution is 6.04. The molecule has 1 aliphatic rings. The molecule has 0 spiro atoms. The van der Waals surface area contributed by atoms with E-state index < -0.39 is 17.6 Å². The maximum absolute atomic E-state index is 12.8. The summed E-state index contributed by atoms with van der Waals surface area (Å²) in [5.41, 5.74) is -0.232. The van der Waals surface area contributed by atoms with Gasteiger partial charge in [-0.25, -0.2) is 0 Å². The van der Waals surface area contributed by atoms with Gasteiger partial charge in [-0.1, -0.05) is 0 Å². The number of ether oxygens (including phenoxy) is 1. The quantitative estimate of drug-likeness (QED) is 0.929. The first-order chi connectivity index (χ1) is 10.3. The largest absolute Gasteiger partial charge is 0.488 e. The van der Waals surface area contributed by atoms with E-state index in [4.69, 9.17) is 4.74 Å². The Balaban J connectivity index is 2.30. The van der Waals surface area contributed by atoms with Gasteiger partial charge in [0, 0.05) is 14.1 Å². The summed E-state index contributed by atoms with van der Waals surface area (Å²) in [7, 11) is 3.38.